The first-order valence-corrected chi connectivity index (χ1v) is 13.5. The summed E-state index contributed by atoms with van der Waals surface area (Å²) in [4.78, 5) is 35.9. The van der Waals surface area contributed by atoms with E-state index in [4.69, 9.17) is 28.2 Å². The van der Waals surface area contributed by atoms with Gasteiger partial charge < -0.3 is 10.1 Å². The van der Waals surface area contributed by atoms with Crippen LogP contribution in [0, 0.1) is 0 Å². The van der Waals surface area contributed by atoms with Gasteiger partial charge in [0.05, 0.1) is 22.4 Å². The van der Waals surface area contributed by atoms with Crippen molar-refractivity contribution in [3.63, 3.8) is 0 Å². The zero-order valence-corrected chi connectivity index (χ0v) is 22.9. The molecule has 0 aliphatic carbocycles. The van der Waals surface area contributed by atoms with Gasteiger partial charge in [-0.25, -0.2) is 4.79 Å². The summed E-state index contributed by atoms with van der Waals surface area (Å²) < 4.78 is 1.60. The summed E-state index contributed by atoms with van der Waals surface area (Å²) >= 11 is 12.9. The second kappa shape index (κ2) is 11.3. The van der Waals surface area contributed by atoms with Gasteiger partial charge in [0.15, 0.2) is 0 Å². The molecule has 38 heavy (non-hydrogen) atoms. The summed E-state index contributed by atoms with van der Waals surface area (Å²) in [5, 5.41) is 10.4. The smallest absolute Gasteiger partial charge is 0.326 e. The minimum Gasteiger partial charge on any atom is -0.396 e. The molecule has 4 aromatic rings. The predicted octanol–water partition coefficient (Wildman–Crippen LogP) is 5.16. The Hall–Kier alpha value is -3.22. The van der Waals surface area contributed by atoms with Gasteiger partial charge in [0.25, 0.3) is 5.91 Å². The van der Waals surface area contributed by atoms with Gasteiger partial charge in [-0.3, -0.25) is 19.3 Å². The van der Waals surface area contributed by atoms with Gasteiger partial charge in [-0.15, -0.1) is 9.24 Å². The van der Waals surface area contributed by atoms with Crippen molar-refractivity contribution in [2.75, 3.05) is 11.5 Å². The average molecular weight is 567 g/mol. The number of aliphatic hydroxyl groups excluding tert-OH is 1. The molecule has 0 bridgehead atoms. The van der Waals surface area contributed by atoms with E-state index in [1.807, 2.05) is 36.4 Å². The molecule has 0 saturated carbocycles. The number of aromatic amines is 1. The lowest BCUT2D eigenvalue weighted by molar-refractivity contribution is -0.119. The van der Waals surface area contributed by atoms with Crippen molar-refractivity contribution < 1.29 is 9.90 Å². The maximum atomic E-state index is 13.9. The summed E-state index contributed by atoms with van der Waals surface area (Å²) in [7, 11) is 2.50. The number of hydrogen-bond donors (Lipinski definition) is 2. The van der Waals surface area contributed by atoms with Crippen LogP contribution in [0.2, 0.25) is 10.0 Å². The summed E-state index contributed by atoms with van der Waals surface area (Å²) in [6.45, 7) is 0.344. The van der Waals surface area contributed by atoms with E-state index in [-0.39, 0.29) is 18.2 Å². The number of amides is 1. The molecule has 1 aliphatic rings. The third-order valence-corrected chi connectivity index (χ3v) is 7.25. The third-order valence-electron chi connectivity index (χ3n) is 6.48. The molecule has 10 heteroatoms. The van der Waals surface area contributed by atoms with E-state index in [0.29, 0.717) is 57.4 Å². The van der Waals surface area contributed by atoms with Crippen LogP contribution in [0.5, 0.6) is 0 Å². The van der Waals surface area contributed by atoms with Crippen LogP contribution in [-0.2, 0) is 17.8 Å². The number of fused-ring (bicyclic) bond motifs is 2. The van der Waals surface area contributed by atoms with E-state index < -0.39 is 6.04 Å². The molecule has 0 fully saturated rings. The number of halogens is 2. The number of H-pyrrole nitrogens is 1. The normalized spacial score (nSPS) is 15.7. The fourth-order valence-electron chi connectivity index (χ4n) is 4.69. The molecule has 0 radical (unpaired) electrons. The van der Waals surface area contributed by atoms with Crippen LogP contribution in [0.25, 0.3) is 11.0 Å². The Morgan fingerprint density at radius 1 is 1.08 bits per heavy atom. The monoisotopic (exact) mass is 566 g/mol. The number of hydrogen-bond acceptors (Lipinski definition) is 4. The molecule has 2 heterocycles. The van der Waals surface area contributed by atoms with Crippen LogP contribution < -0.4 is 10.6 Å². The number of aromatic nitrogens is 2. The van der Waals surface area contributed by atoms with Crippen molar-refractivity contribution in [3.05, 3.63) is 110 Å². The number of aliphatic imine (C=N–C) groups is 1. The lowest BCUT2D eigenvalue weighted by atomic mass is 9.99. The van der Waals surface area contributed by atoms with E-state index in [1.165, 1.54) is 0 Å². The van der Waals surface area contributed by atoms with E-state index in [0.717, 1.165) is 11.1 Å². The Balaban J connectivity index is 1.73. The SMILES string of the molecule is O=C1[C@H](Cc2ccccc2Cl)N=C(c2ccc3[nH]c(=O)n(CCCO)c3c2)c2cc(Cl)ccc2N1/C=C\P. The van der Waals surface area contributed by atoms with E-state index >= 15 is 0 Å². The number of nitrogens with one attached hydrogen (secondary N) is 1. The van der Waals surface area contributed by atoms with Gasteiger partial charge in [0.1, 0.15) is 6.04 Å². The zero-order chi connectivity index (χ0) is 26.8. The first kappa shape index (κ1) is 26.4. The number of anilines is 1. The standard InChI is InChI=1S/C28H25Cl2N4O3P/c29-19-7-9-24-20(16-19)26(18-6-8-22-25(15-18)34(10-3-12-35)28(37)32-22)31-23(27(36)33(24)11-13-38)14-17-4-1-2-5-21(17)30/h1-2,4-9,11,13,15-16,23,35H,3,10,12,14,38H2,(H,32,37)/b13-11-/t23-/m0/s1. The molecule has 7 nitrogen and oxygen atoms in total. The Morgan fingerprint density at radius 2 is 1.89 bits per heavy atom. The Kier molecular flexibility index (Phi) is 7.82. The average Bonchev–Trinajstić information content (AvgIpc) is 3.17. The van der Waals surface area contributed by atoms with Crippen molar-refractivity contribution in [1.29, 1.82) is 0 Å². The molecule has 2 N–H and O–H groups in total. The molecule has 3 aromatic carbocycles. The molecule has 194 valence electrons. The molecule has 1 aliphatic heterocycles. The van der Waals surface area contributed by atoms with Crippen molar-refractivity contribution in [1.82, 2.24) is 9.55 Å². The molecule has 1 aromatic heterocycles. The minimum absolute atomic E-state index is 0.0255. The summed E-state index contributed by atoms with van der Waals surface area (Å²) in [5.74, 6) is 1.52. The number of nitrogens with zero attached hydrogens (tertiary/aromatic N) is 3. The van der Waals surface area contributed by atoms with E-state index in [9.17, 15) is 14.7 Å². The van der Waals surface area contributed by atoms with E-state index in [2.05, 4.69) is 14.2 Å². The van der Waals surface area contributed by atoms with Crippen LogP contribution in [-0.4, -0.2) is 38.9 Å². The van der Waals surface area contributed by atoms with Gasteiger partial charge in [0.2, 0.25) is 0 Å². The molecular formula is C28H25Cl2N4O3P. The second-order valence-electron chi connectivity index (χ2n) is 8.89. The van der Waals surface area contributed by atoms with Gasteiger partial charge in [-0.05, 0) is 54.2 Å². The van der Waals surface area contributed by atoms with Crippen molar-refractivity contribution in [3.8, 4) is 0 Å². The number of benzene rings is 3. The first-order chi connectivity index (χ1) is 18.4. The first-order valence-electron chi connectivity index (χ1n) is 12.1. The highest BCUT2D eigenvalue weighted by molar-refractivity contribution is 7.20. The zero-order valence-electron chi connectivity index (χ0n) is 20.3. The van der Waals surface area contributed by atoms with Crippen LogP contribution in [0.1, 0.15) is 23.1 Å². The van der Waals surface area contributed by atoms with Gasteiger partial charge in [-0.1, -0.05) is 47.5 Å². The number of carbonyl (C=O) groups excluding carboxylic acids is 1. The predicted molar refractivity (Wildman–Crippen MR) is 157 cm³/mol. The van der Waals surface area contributed by atoms with Crippen molar-refractivity contribution in [2.45, 2.75) is 25.4 Å². The number of carbonyl (C=O) groups is 1. The van der Waals surface area contributed by atoms with Gasteiger partial charge in [-0.2, -0.15) is 0 Å². The topological polar surface area (TPSA) is 90.7 Å². The lowest BCUT2D eigenvalue weighted by Crippen LogP contribution is -2.35. The molecule has 1 unspecified atom stereocenters. The quantitative estimate of drug-likeness (QED) is 0.303. The summed E-state index contributed by atoms with van der Waals surface area (Å²) in [6, 6.07) is 17.6. The maximum absolute atomic E-state index is 13.9. The largest absolute Gasteiger partial charge is 0.396 e. The maximum Gasteiger partial charge on any atom is 0.326 e. The van der Waals surface area contributed by atoms with Gasteiger partial charge >= 0.3 is 5.69 Å². The number of imidazole rings is 1. The number of benzodiazepines with no additional fused rings is 1. The fourth-order valence-corrected chi connectivity index (χ4v) is 5.25. The van der Waals surface area contributed by atoms with Crippen LogP contribution in [0.3, 0.4) is 0 Å². The third kappa shape index (κ3) is 5.07. The van der Waals surface area contributed by atoms with Crippen molar-refractivity contribution in [2.24, 2.45) is 4.99 Å². The lowest BCUT2D eigenvalue weighted by Gasteiger charge is -2.22. The van der Waals surface area contributed by atoms with Crippen LogP contribution >= 0.6 is 32.4 Å². The van der Waals surface area contributed by atoms with Gasteiger partial charge in [0, 0.05) is 46.9 Å². The number of aryl methyl sites for hydroxylation is 1. The van der Waals surface area contributed by atoms with Crippen molar-refractivity contribution >= 4 is 60.8 Å². The molecule has 0 spiro atoms. The van der Waals surface area contributed by atoms with Crippen LogP contribution in [0.15, 0.2) is 82.5 Å². The molecular weight excluding hydrogens is 542 g/mol. The highest BCUT2D eigenvalue weighted by Gasteiger charge is 2.32. The number of aliphatic hydroxyl groups is 1. The summed E-state index contributed by atoms with van der Waals surface area (Å²) in [6.07, 6.45) is 2.44. The Bertz CT molecular complexity index is 1640. The Labute approximate surface area is 231 Å². The van der Waals surface area contributed by atoms with Crippen LogP contribution in [0.4, 0.5) is 5.69 Å². The summed E-state index contributed by atoms with van der Waals surface area (Å²) in [5.41, 5.74) is 4.57. The molecule has 2 atom stereocenters. The molecule has 5 rings (SSSR count). The second-order valence-corrected chi connectivity index (χ2v) is 10.1. The highest BCUT2D eigenvalue weighted by Crippen LogP contribution is 2.33. The Morgan fingerprint density at radius 3 is 2.66 bits per heavy atom. The minimum atomic E-state index is -0.768. The fraction of sp³-hybridized carbons (Fsp3) is 0.179. The highest BCUT2D eigenvalue weighted by atomic mass is 35.5. The molecule has 1 amide bonds. The molecule has 0 saturated heterocycles. The number of rotatable bonds is 7. The van der Waals surface area contributed by atoms with E-state index in [1.54, 1.807) is 45.7 Å².